The highest BCUT2D eigenvalue weighted by Crippen LogP contribution is 2.07. The van der Waals surface area contributed by atoms with E-state index in [2.05, 4.69) is 19.2 Å². The molecule has 0 bridgehead atoms. The van der Waals surface area contributed by atoms with Gasteiger partial charge in [0, 0.05) is 6.54 Å². The van der Waals surface area contributed by atoms with Gasteiger partial charge < -0.3 is 14.8 Å². The maximum atomic E-state index is 11.1. The first-order chi connectivity index (χ1) is 7.31. The summed E-state index contributed by atoms with van der Waals surface area (Å²) in [5.74, 6) is 0.694. The smallest absolute Gasteiger partial charge is 0.433 e. The van der Waals surface area contributed by atoms with Crippen molar-refractivity contribution in [1.82, 2.24) is 5.32 Å². The maximum Gasteiger partial charge on any atom is 0.508 e. The monoisotopic (exact) mass is 231 g/mol. The van der Waals surface area contributed by atoms with E-state index in [0.717, 1.165) is 13.0 Å². The maximum absolute atomic E-state index is 11.1. The van der Waals surface area contributed by atoms with Gasteiger partial charge >= 0.3 is 6.16 Å². The molecule has 0 saturated heterocycles. The topological polar surface area (TPSA) is 47.6 Å². The molecule has 1 N–H and O–H groups in total. The number of nitrogens with one attached hydrogen (secondary N) is 1. The van der Waals surface area contributed by atoms with Crippen LogP contribution in [0.15, 0.2) is 0 Å². The highest BCUT2D eigenvalue weighted by atomic mass is 16.7. The van der Waals surface area contributed by atoms with Crippen LogP contribution in [0.25, 0.3) is 0 Å². The Bertz CT molecular complexity index is 197. The zero-order chi connectivity index (χ0) is 12.6. The lowest BCUT2D eigenvalue weighted by molar-refractivity contribution is -0.00659. The predicted molar refractivity (Wildman–Crippen MR) is 64.5 cm³/mol. The van der Waals surface area contributed by atoms with Crippen LogP contribution < -0.4 is 5.32 Å². The summed E-state index contributed by atoms with van der Waals surface area (Å²) in [6.07, 6.45) is 0.532. The van der Waals surface area contributed by atoms with Crippen LogP contribution in [0.1, 0.15) is 41.0 Å². The summed E-state index contributed by atoms with van der Waals surface area (Å²) in [4.78, 5) is 11.1. The molecule has 4 heteroatoms. The van der Waals surface area contributed by atoms with Crippen molar-refractivity contribution in [1.29, 1.82) is 0 Å². The first kappa shape index (κ1) is 15.2. The van der Waals surface area contributed by atoms with Crippen LogP contribution in [0.4, 0.5) is 4.79 Å². The van der Waals surface area contributed by atoms with Crippen LogP contribution in [-0.2, 0) is 9.47 Å². The highest BCUT2D eigenvalue weighted by Gasteiger charge is 2.16. The molecule has 0 rings (SSSR count). The second-order valence-corrected chi connectivity index (χ2v) is 5.25. The molecule has 0 spiro atoms. The summed E-state index contributed by atoms with van der Waals surface area (Å²) >= 11 is 0. The number of rotatable bonds is 6. The van der Waals surface area contributed by atoms with E-state index in [0.29, 0.717) is 19.1 Å². The fourth-order valence-electron chi connectivity index (χ4n) is 1.00. The molecule has 0 amide bonds. The number of carbonyl (C=O) groups excluding carboxylic acids is 1. The number of carbonyl (C=O) groups is 1. The normalized spacial score (nSPS) is 11.6. The van der Waals surface area contributed by atoms with Gasteiger partial charge in [0.15, 0.2) is 0 Å². The van der Waals surface area contributed by atoms with Gasteiger partial charge in [-0.15, -0.1) is 0 Å². The van der Waals surface area contributed by atoms with Crippen molar-refractivity contribution in [2.45, 2.75) is 46.6 Å². The van der Waals surface area contributed by atoms with Crippen LogP contribution >= 0.6 is 0 Å². The van der Waals surface area contributed by atoms with Gasteiger partial charge in [0.2, 0.25) is 0 Å². The van der Waals surface area contributed by atoms with Crippen molar-refractivity contribution in [2.75, 3.05) is 19.7 Å². The van der Waals surface area contributed by atoms with E-state index in [-0.39, 0.29) is 0 Å². The fraction of sp³-hybridized carbons (Fsp3) is 0.917. The molecule has 0 atom stereocenters. The largest absolute Gasteiger partial charge is 0.508 e. The SMILES string of the molecule is CC(C)CCNCCOC(=O)OC(C)(C)C. The molecular weight excluding hydrogens is 206 g/mol. The van der Waals surface area contributed by atoms with Crippen molar-refractivity contribution in [3.8, 4) is 0 Å². The number of ether oxygens (including phenoxy) is 2. The minimum absolute atomic E-state index is 0.354. The van der Waals surface area contributed by atoms with E-state index in [4.69, 9.17) is 9.47 Å². The third-order valence-electron chi connectivity index (χ3n) is 1.79. The Balaban J connectivity index is 3.35. The lowest BCUT2D eigenvalue weighted by Crippen LogP contribution is -2.27. The summed E-state index contributed by atoms with van der Waals surface area (Å²) in [6, 6.07) is 0. The molecule has 0 aliphatic carbocycles. The average molecular weight is 231 g/mol. The van der Waals surface area contributed by atoms with E-state index in [9.17, 15) is 4.79 Å². The Hall–Kier alpha value is -0.770. The van der Waals surface area contributed by atoms with E-state index in [1.807, 2.05) is 20.8 Å². The molecule has 0 radical (unpaired) electrons. The molecule has 0 fully saturated rings. The first-order valence-electron chi connectivity index (χ1n) is 5.88. The quantitative estimate of drug-likeness (QED) is 0.564. The summed E-state index contributed by atoms with van der Waals surface area (Å²) in [7, 11) is 0. The Morgan fingerprint density at radius 1 is 1.25 bits per heavy atom. The van der Waals surface area contributed by atoms with Gasteiger partial charge in [0.1, 0.15) is 12.2 Å². The van der Waals surface area contributed by atoms with Crippen molar-refractivity contribution in [3.05, 3.63) is 0 Å². The third-order valence-corrected chi connectivity index (χ3v) is 1.79. The van der Waals surface area contributed by atoms with E-state index < -0.39 is 11.8 Å². The minimum atomic E-state index is -0.599. The van der Waals surface area contributed by atoms with Crippen LogP contribution in [0.5, 0.6) is 0 Å². The summed E-state index contributed by atoms with van der Waals surface area (Å²) in [6.45, 7) is 11.8. The Morgan fingerprint density at radius 3 is 2.38 bits per heavy atom. The van der Waals surface area contributed by atoms with Gasteiger partial charge in [0.25, 0.3) is 0 Å². The van der Waals surface area contributed by atoms with Crippen LogP contribution in [0, 0.1) is 5.92 Å². The van der Waals surface area contributed by atoms with Crippen molar-refractivity contribution < 1.29 is 14.3 Å². The third kappa shape index (κ3) is 11.3. The van der Waals surface area contributed by atoms with E-state index >= 15 is 0 Å². The van der Waals surface area contributed by atoms with Crippen molar-refractivity contribution >= 4 is 6.16 Å². The molecule has 0 aromatic rings. The molecule has 0 aromatic carbocycles. The zero-order valence-electron chi connectivity index (χ0n) is 11.1. The van der Waals surface area contributed by atoms with Gasteiger partial charge in [0.05, 0.1) is 0 Å². The molecule has 96 valence electrons. The van der Waals surface area contributed by atoms with E-state index in [1.54, 1.807) is 0 Å². The van der Waals surface area contributed by atoms with Gasteiger partial charge in [-0.05, 0) is 39.7 Å². The fourth-order valence-corrected chi connectivity index (χ4v) is 1.00. The Kier molecular flexibility index (Phi) is 7.13. The molecule has 4 nitrogen and oxygen atoms in total. The first-order valence-corrected chi connectivity index (χ1v) is 5.88. The van der Waals surface area contributed by atoms with E-state index in [1.165, 1.54) is 0 Å². The summed E-state index contributed by atoms with van der Waals surface area (Å²) < 4.78 is 9.89. The minimum Gasteiger partial charge on any atom is -0.433 e. The summed E-state index contributed by atoms with van der Waals surface area (Å²) in [5.41, 5.74) is -0.484. The average Bonchev–Trinajstić information content (AvgIpc) is 2.07. The second-order valence-electron chi connectivity index (χ2n) is 5.25. The molecule has 0 saturated carbocycles. The molecule has 0 aliphatic rings. The zero-order valence-corrected chi connectivity index (χ0v) is 11.1. The standard InChI is InChI=1S/C12H25NO3/c1-10(2)6-7-13-8-9-15-11(14)16-12(3,4)5/h10,13H,6-9H2,1-5H3. The van der Waals surface area contributed by atoms with Gasteiger partial charge in [-0.3, -0.25) is 0 Å². The highest BCUT2D eigenvalue weighted by molar-refractivity contribution is 5.60. The van der Waals surface area contributed by atoms with Gasteiger partial charge in [-0.25, -0.2) is 4.79 Å². The molecule has 0 unspecified atom stereocenters. The van der Waals surface area contributed by atoms with Crippen LogP contribution in [0.2, 0.25) is 0 Å². The van der Waals surface area contributed by atoms with Crippen LogP contribution in [-0.4, -0.2) is 31.5 Å². The molecule has 0 aliphatic heterocycles. The van der Waals surface area contributed by atoms with Crippen molar-refractivity contribution in [3.63, 3.8) is 0 Å². The van der Waals surface area contributed by atoms with Gasteiger partial charge in [-0.2, -0.15) is 0 Å². The Morgan fingerprint density at radius 2 is 1.88 bits per heavy atom. The lowest BCUT2D eigenvalue weighted by Gasteiger charge is -2.18. The predicted octanol–water partition coefficient (Wildman–Crippen LogP) is 2.57. The molecule has 0 heterocycles. The second kappa shape index (κ2) is 7.49. The molecule has 16 heavy (non-hydrogen) atoms. The Labute approximate surface area is 98.7 Å². The number of hydrogen-bond donors (Lipinski definition) is 1. The molecular formula is C12H25NO3. The van der Waals surface area contributed by atoms with Crippen LogP contribution in [0.3, 0.4) is 0 Å². The van der Waals surface area contributed by atoms with Crippen molar-refractivity contribution in [2.24, 2.45) is 5.92 Å². The van der Waals surface area contributed by atoms with Gasteiger partial charge in [-0.1, -0.05) is 13.8 Å². The lowest BCUT2D eigenvalue weighted by atomic mass is 10.1. The summed E-state index contributed by atoms with van der Waals surface area (Å²) in [5, 5.41) is 3.20. The molecule has 0 aromatic heterocycles. The number of hydrogen-bond acceptors (Lipinski definition) is 4.